The highest BCUT2D eigenvalue weighted by atomic mass is 16.6. The molecule has 0 unspecified atom stereocenters. The lowest BCUT2D eigenvalue weighted by Crippen LogP contribution is -2.42. The number of hydrogen-bond acceptors (Lipinski definition) is 8. The predicted octanol–water partition coefficient (Wildman–Crippen LogP) is 5.12. The Morgan fingerprint density at radius 3 is 1.88 bits per heavy atom. The first-order valence-electron chi connectivity index (χ1n) is 13.6. The van der Waals surface area contributed by atoms with Gasteiger partial charge in [0.2, 0.25) is 0 Å². The Bertz CT molecular complexity index is 1600. The minimum Gasteiger partial charge on any atom is -0.491 e. The van der Waals surface area contributed by atoms with Gasteiger partial charge in [-0.2, -0.15) is 0 Å². The van der Waals surface area contributed by atoms with Gasteiger partial charge in [0.25, 0.3) is 0 Å². The molecule has 41 heavy (non-hydrogen) atoms. The van der Waals surface area contributed by atoms with Gasteiger partial charge in [0, 0.05) is 0 Å². The van der Waals surface area contributed by atoms with E-state index >= 15 is 0 Å². The van der Waals surface area contributed by atoms with Gasteiger partial charge in [-0.25, -0.2) is 15.0 Å². The third-order valence-corrected chi connectivity index (χ3v) is 7.17. The van der Waals surface area contributed by atoms with Crippen LogP contribution in [0.3, 0.4) is 0 Å². The highest BCUT2D eigenvalue weighted by Crippen LogP contribution is 2.37. The first-order chi connectivity index (χ1) is 20.0. The quantitative estimate of drug-likeness (QED) is 0.269. The van der Waals surface area contributed by atoms with E-state index in [0.29, 0.717) is 28.4 Å². The van der Waals surface area contributed by atoms with Crippen molar-refractivity contribution in [3.05, 3.63) is 108 Å². The highest BCUT2D eigenvalue weighted by molar-refractivity contribution is 5.73. The van der Waals surface area contributed by atoms with Crippen LogP contribution in [0.2, 0.25) is 0 Å². The van der Waals surface area contributed by atoms with Crippen molar-refractivity contribution in [2.45, 2.75) is 51.9 Å². The summed E-state index contributed by atoms with van der Waals surface area (Å²) in [5.41, 5.74) is 4.88. The van der Waals surface area contributed by atoms with Gasteiger partial charge in [0.15, 0.2) is 24.1 Å². The van der Waals surface area contributed by atoms with Gasteiger partial charge in [-0.05, 0) is 57.2 Å². The number of aryl methyl sites for hydroxylation is 3. The summed E-state index contributed by atoms with van der Waals surface area (Å²) in [6.07, 6.45) is 0.733. The molecule has 210 valence electrons. The number of imidazole rings is 1. The van der Waals surface area contributed by atoms with Crippen molar-refractivity contribution >= 4 is 11.2 Å². The molecule has 9 nitrogen and oxygen atoms in total. The third-order valence-electron chi connectivity index (χ3n) is 7.17. The lowest BCUT2D eigenvalue weighted by Gasteiger charge is -2.26. The summed E-state index contributed by atoms with van der Waals surface area (Å²) < 4.78 is 27.9. The van der Waals surface area contributed by atoms with E-state index in [1.807, 2.05) is 98.1 Å². The molecule has 1 aliphatic rings. The van der Waals surface area contributed by atoms with E-state index in [1.54, 1.807) is 6.33 Å². The number of rotatable bonds is 9. The number of ether oxygens (including phenoxy) is 4. The lowest BCUT2D eigenvalue weighted by molar-refractivity contribution is -0.0434. The summed E-state index contributed by atoms with van der Waals surface area (Å²) in [6, 6.07) is 23.7. The summed E-state index contributed by atoms with van der Waals surface area (Å²) in [6.45, 7) is 6.08. The van der Waals surface area contributed by atoms with Crippen molar-refractivity contribution in [3.63, 3.8) is 0 Å². The number of nitrogens with zero attached hydrogens (tertiary/aromatic N) is 4. The van der Waals surface area contributed by atoms with E-state index in [4.69, 9.17) is 18.9 Å². The van der Waals surface area contributed by atoms with Crippen LogP contribution in [-0.2, 0) is 11.3 Å². The van der Waals surface area contributed by atoms with Crippen LogP contribution in [0.15, 0.2) is 85.5 Å². The summed E-state index contributed by atoms with van der Waals surface area (Å²) >= 11 is 0. The fourth-order valence-corrected chi connectivity index (χ4v) is 4.90. The monoisotopic (exact) mass is 552 g/mol. The average molecular weight is 553 g/mol. The van der Waals surface area contributed by atoms with Gasteiger partial charge in [-0.15, -0.1) is 0 Å². The molecule has 1 aliphatic heterocycles. The zero-order valence-corrected chi connectivity index (χ0v) is 23.2. The molecule has 4 atom stereocenters. The third kappa shape index (κ3) is 5.73. The van der Waals surface area contributed by atoms with Gasteiger partial charge >= 0.3 is 0 Å². The van der Waals surface area contributed by atoms with Crippen LogP contribution in [0.1, 0.15) is 28.6 Å². The smallest absolute Gasteiger partial charge is 0.183 e. The van der Waals surface area contributed by atoms with Gasteiger partial charge < -0.3 is 24.1 Å². The topological polar surface area (TPSA) is 101 Å². The molecule has 0 bridgehead atoms. The minimum atomic E-state index is -0.662. The Balaban J connectivity index is 1.39. The molecule has 0 amide bonds. The van der Waals surface area contributed by atoms with Crippen LogP contribution in [0.5, 0.6) is 17.2 Å². The van der Waals surface area contributed by atoms with Crippen LogP contribution in [-0.4, -0.2) is 49.5 Å². The molecule has 1 fully saturated rings. The number of aliphatic hydroxyl groups excluding tert-OH is 1. The maximum Gasteiger partial charge on any atom is 0.183 e. The van der Waals surface area contributed by atoms with Crippen LogP contribution in [0.4, 0.5) is 0 Å². The number of fused-ring (bicyclic) bond motifs is 1. The molecule has 5 aromatic rings. The van der Waals surface area contributed by atoms with Crippen molar-refractivity contribution in [1.29, 1.82) is 0 Å². The first-order valence-corrected chi connectivity index (χ1v) is 13.6. The van der Waals surface area contributed by atoms with E-state index in [2.05, 4.69) is 15.0 Å². The molecule has 1 N–H and O–H groups in total. The Labute approximate surface area is 238 Å². The molecule has 0 saturated carbocycles. The fourth-order valence-electron chi connectivity index (χ4n) is 4.90. The number of aromatic nitrogens is 4. The minimum absolute atomic E-state index is 0.230. The predicted molar refractivity (Wildman–Crippen MR) is 153 cm³/mol. The average Bonchev–Trinajstić information content (AvgIpc) is 3.56. The second kappa shape index (κ2) is 11.6. The van der Waals surface area contributed by atoms with Gasteiger partial charge in [0.05, 0.1) is 18.6 Å². The molecule has 1 saturated heterocycles. The zero-order chi connectivity index (χ0) is 28.3. The summed E-state index contributed by atoms with van der Waals surface area (Å²) in [5, 5.41) is 9.81. The molecule has 0 aliphatic carbocycles. The molecular weight excluding hydrogens is 520 g/mol. The summed E-state index contributed by atoms with van der Waals surface area (Å²) in [7, 11) is 0. The summed E-state index contributed by atoms with van der Waals surface area (Å²) in [5.74, 6) is 2.12. The Morgan fingerprint density at radius 1 is 0.732 bits per heavy atom. The van der Waals surface area contributed by atoms with Crippen LogP contribution >= 0.6 is 0 Å². The van der Waals surface area contributed by atoms with Gasteiger partial charge in [-0.3, -0.25) is 4.57 Å². The Hall–Kier alpha value is -4.47. The molecule has 9 heteroatoms. The van der Waals surface area contributed by atoms with E-state index in [9.17, 15) is 5.11 Å². The lowest BCUT2D eigenvalue weighted by atomic mass is 10.1. The zero-order valence-electron chi connectivity index (χ0n) is 23.2. The largest absolute Gasteiger partial charge is 0.491 e. The van der Waals surface area contributed by atoms with Crippen LogP contribution in [0.25, 0.3) is 11.2 Å². The van der Waals surface area contributed by atoms with E-state index < -0.39 is 24.5 Å². The molecule has 2 aromatic heterocycles. The Morgan fingerprint density at radius 2 is 1.29 bits per heavy atom. The second-order valence-corrected chi connectivity index (χ2v) is 10.3. The van der Waals surface area contributed by atoms with Crippen LogP contribution < -0.4 is 14.2 Å². The second-order valence-electron chi connectivity index (χ2n) is 10.3. The Kier molecular flexibility index (Phi) is 7.54. The van der Waals surface area contributed by atoms with Gasteiger partial charge in [-0.1, -0.05) is 53.1 Å². The molecular formula is C32H32N4O5. The number of hydrogen-bond donors (Lipinski definition) is 1. The standard InChI is InChI=1S/C32H32N4O5/c1-20-4-10-23(11-5-20)38-17-27-29(39-24-12-6-21(2)7-13-24)30(40-25-14-8-22(3)9-15-25)32(41-27)36-19-35-28-26(16-37)33-18-34-31(28)36/h4-15,18-19,27,29-30,32,37H,16-17H2,1-3H3/t27-,29-,30-,32-/m1/s1. The van der Waals surface area contributed by atoms with Crippen molar-refractivity contribution in [3.8, 4) is 17.2 Å². The van der Waals surface area contributed by atoms with E-state index in [1.165, 1.54) is 6.33 Å². The number of benzene rings is 3. The van der Waals surface area contributed by atoms with Crippen molar-refractivity contribution in [1.82, 2.24) is 19.5 Å². The maximum absolute atomic E-state index is 9.81. The molecule has 6 rings (SSSR count). The maximum atomic E-state index is 9.81. The normalized spacial score (nSPS) is 20.3. The summed E-state index contributed by atoms with van der Waals surface area (Å²) in [4.78, 5) is 13.1. The van der Waals surface area contributed by atoms with Crippen molar-refractivity contribution in [2.75, 3.05) is 6.61 Å². The van der Waals surface area contributed by atoms with E-state index in [0.717, 1.165) is 22.4 Å². The van der Waals surface area contributed by atoms with Gasteiger partial charge in [0.1, 0.15) is 41.8 Å². The number of aliphatic hydroxyl groups is 1. The SMILES string of the molecule is Cc1ccc(OC[C@H]2O[C@@H](n3cnc4c(CO)ncnc43)[C@H](Oc3ccc(C)cc3)[C@@H]2Oc2ccc(C)cc2)cc1. The fraction of sp³-hybridized carbons (Fsp3) is 0.281. The highest BCUT2D eigenvalue weighted by Gasteiger charge is 2.50. The van der Waals surface area contributed by atoms with Crippen LogP contribution in [0, 0.1) is 20.8 Å². The molecule has 3 heterocycles. The molecule has 0 radical (unpaired) electrons. The van der Waals surface area contributed by atoms with Crippen molar-refractivity contribution in [2.24, 2.45) is 0 Å². The molecule has 0 spiro atoms. The van der Waals surface area contributed by atoms with E-state index in [-0.39, 0.29) is 13.2 Å². The molecule has 3 aromatic carbocycles. The first kappa shape index (κ1) is 26.7. The van der Waals surface area contributed by atoms with Crippen molar-refractivity contribution < 1.29 is 24.1 Å².